The summed E-state index contributed by atoms with van der Waals surface area (Å²) in [4.78, 5) is 55.0. The topological polar surface area (TPSA) is 78.0 Å². The first kappa shape index (κ1) is 21.7. The number of nitrogens with zero attached hydrogens (tertiary/aromatic N) is 3. The standard InChI is InChI=1S/C25H27N3O4/c29-22(12-6-15-28-24(31)20-10-4-5-11-21(20)25(28)32)26-13-7-14-27(17-16-26)23(30)18-19-8-2-1-3-9-19/h1-5,8-11H,6-7,12-18H2. The van der Waals surface area contributed by atoms with Crippen molar-refractivity contribution in [2.24, 2.45) is 0 Å². The lowest BCUT2D eigenvalue weighted by Gasteiger charge is -2.22. The summed E-state index contributed by atoms with van der Waals surface area (Å²) in [5, 5.41) is 0. The second kappa shape index (κ2) is 9.77. The van der Waals surface area contributed by atoms with Crippen molar-refractivity contribution in [1.29, 1.82) is 0 Å². The number of carbonyl (C=O) groups is 4. The van der Waals surface area contributed by atoms with Crippen molar-refractivity contribution >= 4 is 23.6 Å². The number of benzene rings is 2. The Labute approximate surface area is 187 Å². The van der Waals surface area contributed by atoms with Crippen LogP contribution in [0.15, 0.2) is 54.6 Å². The van der Waals surface area contributed by atoms with E-state index in [-0.39, 0.29) is 36.6 Å². The molecule has 0 atom stereocenters. The second-order valence-corrected chi connectivity index (χ2v) is 8.19. The van der Waals surface area contributed by atoms with E-state index in [0.717, 1.165) is 12.0 Å². The SMILES string of the molecule is O=C(CCCN1C(=O)c2ccccc2C1=O)N1CCCN(C(=O)Cc2ccccc2)CC1. The van der Waals surface area contributed by atoms with Gasteiger partial charge in [-0.2, -0.15) is 0 Å². The molecule has 2 aromatic carbocycles. The maximum absolute atomic E-state index is 12.7. The van der Waals surface area contributed by atoms with E-state index in [1.807, 2.05) is 35.2 Å². The molecule has 4 amide bonds. The van der Waals surface area contributed by atoms with E-state index in [2.05, 4.69) is 0 Å². The van der Waals surface area contributed by atoms with Crippen LogP contribution in [0.2, 0.25) is 0 Å². The molecule has 0 aromatic heterocycles. The van der Waals surface area contributed by atoms with Crippen molar-refractivity contribution in [2.75, 3.05) is 32.7 Å². The van der Waals surface area contributed by atoms with Gasteiger partial charge in [0.05, 0.1) is 17.5 Å². The maximum Gasteiger partial charge on any atom is 0.261 e. The van der Waals surface area contributed by atoms with Crippen LogP contribution in [0.5, 0.6) is 0 Å². The second-order valence-electron chi connectivity index (χ2n) is 8.19. The highest BCUT2D eigenvalue weighted by molar-refractivity contribution is 6.21. The number of hydrogen-bond acceptors (Lipinski definition) is 4. The van der Waals surface area contributed by atoms with Crippen LogP contribution < -0.4 is 0 Å². The van der Waals surface area contributed by atoms with Crippen LogP contribution in [-0.4, -0.2) is 71.1 Å². The zero-order valence-corrected chi connectivity index (χ0v) is 18.0. The monoisotopic (exact) mass is 433 g/mol. The average Bonchev–Trinajstić information content (AvgIpc) is 2.97. The molecule has 2 aliphatic heterocycles. The van der Waals surface area contributed by atoms with E-state index < -0.39 is 0 Å². The van der Waals surface area contributed by atoms with E-state index in [1.165, 1.54) is 4.90 Å². The van der Waals surface area contributed by atoms with E-state index in [4.69, 9.17) is 0 Å². The molecule has 32 heavy (non-hydrogen) atoms. The number of rotatable bonds is 6. The molecule has 2 heterocycles. The molecule has 0 aliphatic carbocycles. The van der Waals surface area contributed by atoms with E-state index in [9.17, 15) is 19.2 Å². The van der Waals surface area contributed by atoms with E-state index in [0.29, 0.717) is 50.1 Å². The third-order valence-corrected chi connectivity index (χ3v) is 6.05. The van der Waals surface area contributed by atoms with Crippen molar-refractivity contribution in [2.45, 2.75) is 25.7 Å². The third kappa shape index (κ3) is 4.72. The first-order chi connectivity index (χ1) is 15.5. The normalized spacial score (nSPS) is 16.2. The highest BCUT2D eigenvalue weighted by Gasteiger charge is 2.34. The first-order valence-electron chi connectivity index (χ1n) is 11.1. The number of fused-ring (bicyclic) bond motifs is 1. The van der Waals surface area contributed by atoms with Crippen molar-refractivity contribution < 1.29 is 19.2 Å². The summed E-state index contributed by atoms with van der Waals surface area (Å²) in [5.74, 6) is -0.504. The molecular weight excluding hydrogens is 406 g/mol. The molecule has 0 unspecified atom stereocenters. The van der Waals surface area contributed by atoms with Gasteiger partial charge in [0.25, 0.3) is 11.8 Å². The Morgan fingerprint density at radius 1 is 0.719 bits per heavy atom. The number of imide groups is 1. The molecule has 7 nitrogen and oxygen atoms in total. The van der Waals surface area contributed by atoms with Gasteiger partial charge < -0.3 is 9.80 Å². The predicted molar refractivity (Wildman–Crippen MR) is 119 cm³/mol. The lowest BCUT2D eigenvalue weighted by atomic mass is 10.1. The smallest absolute Gasteiger partial charge is 0.261 e. The molecule has 0 radical (unpaired) electrons. The summed E-state index contributed by atoms with van der Waals surface area (Å²) in [6, 6.07) is 16.5. The van der Waals surface area contributed by atoms with Crippen LogP contribution in [0, 0.1) is 0 Å². The molecule has 166 valence electrons. The fraction of sp³-hybridized carbons (Fsp3) is 0.360. The summed E-state index contributed by atoms with van der Waals surface area (Å²) >= 11 is 0. The number of carbonyl (C=O) groups excluding carboxylic acids is 4. The van der Waals surface area contributed by atoms with Gasteiger partial charge in [-0.15, -0.1) is 0 Å². The Morgan fingerprint density at radius 2 is 1.28 bits per heavy atom. The zero-order chi connectivity index (χ0) is 22.5. The largest absolute Gasteiger partial charge is 0.341 e. The van der Waals surface area contributed by atoms with Crippen LogP contribution in [-0.2, 0) is 16.0 Å². The van der Waals surface area contributed by atoms with Gasteiger partial charge in [-0.3, -0.25) is 24.1 Å². The van der Waals surface area contributed by atoms with Crippen molar-refractivity contribution in [1.82, 2.24) is 14.7 Å². The highest BCUT2D eigenvalue weighted by Crippen LogP contribution is 2.22. The summed E-state index contributed by atoms with van der Waals surface area (Å²) in [7, 11) is 0. The first-order valence-corrected chi connectivity index (χ1v) is 11.1. The molecule has 2 aliphatic rings. The Balaban J connectivity index is 1.24. The average molecular weight is 434 g/mol. The van der Waals surface area contributed by atoms with Gasteiger partial charge in [-0.05, 0) is 30.5 Å². The summed E-state index contributed by atoms with van der Waals surface area (Å²) in [5.41, 5.74) is 1.84. The van der Waals surface area contributed by atoms with Crippen LogP contribution in [0.4, 0.5) is 0 Å². The maximum atomic E-state index is 12.7. The lowest BCUT2D eigenvalue weighted by Crippen LogP contribution is -2.38. The van der Waals surface area contributed by atoms with Crippen molar-refractivity contribution in [3.8, 4) is 0 Å². The highest BCUT2D eigenvalue weighted by atomic mass is 16.2. The molecule has 0 spiro atoms. The Kier molecular flexibility index (Phi) is 6.63. The lowest BCUT2D eigenvalue weighted by molar-refractivity contribution is -0.133. The van der Waals surface area contributed by atoms with Gasteiger partial charge in [-0.25, -0.2) is 0 Å². The zero-order valence-electron chi connectivity index (χ0n) is 18.0. The van der Waals surface area contributed by atoms with Gasteiger partial charge >= 0.3 is 0 Å². The van der Waals surface area contributed by atoms with Gasteiger partial charge in [0.15, 0.2) is 0 Å². The fourth-order valence-electron chi connectivity index (χ4n) is 4.29. The minimum absolute atomic E-state index is 0.000956. The molecule has 1 saturated heterocycles. The van der Waals surface area contributed by atoms with Crippen LogP contribution >= 0.6 is 0 Å². The summed E-state index contributed by atoms with van der Waals surface area (Å²) in [6.45, 7) is 2.52. The van der Waals surface area contributed by atoms with Crippen LogP contribution in [0.3, 0.4) is 0 Å². The molecule has 0 N–H and O–H groups in total. The Morgan fingerprint density at radius 3 is 1.91 bits per heavy atom. The molecule has 7 heteroatoms. The quantitative estimate of drug-likeness (QED) is 0.656. The summed E-state index contributed by atoms with van der Waals surface area (Å²) < 4.78 is 0. The Hall–Kier alpha value is -3.48. The van der Waals surface area contributed by atoms with Gasteiger partial charge in [0.2, 0.25) is 11.8 Å². The molecule has 1 fully saturated rings. The molecule has 2 aromatic rings. The minimum atomic E-state index is -0.291. The predicted octanol–water partition coefficient (Wildman–Crippen LogP) is 2.37. The van der Waals surface area contributed by atoms with Crippen molar-refractivity contribution in [3.63, 3.8) is 0 Å². The third-order valence-electron chi connectivity index (χ3n) is 6.05. The molecule has 0 saturated carbocycles. The minimum Gasteiger partial charge on any atom is -0.341 e. The molecule has 0 bridgehead atoms. The number of hydrogen-bond donors (Lipinski definition) is 0. The van der Waals surface area contributed by atoms with Crippen molar-refractivity contribution in [3.05, 3.63) is 71.3 Å². The van der Waals surface area contributed by atoms with Crippen LogP contribution in [0.25, 0.3) is 0 Å². The van der Waals surface area contributed by atoms with Gasteiger partial charge in [0.1, 0.15) is 0 Å². The molecular formula is C25H27N3O4. The van der Waals surface area contributed by atoms with Gasteiger partial charge in [-0.1, -0.05) is 42.5 Å². The fourth-order valence-corrected chi connectivity index (χ4v) is 4.29. The number of amides is 4. The van der Waals surface area contributed by atoms with Crippen LogP contribution in [0.1, 0.15) is 45.5 Å². The van der Waals surface area contributed by atoms with E-state index in [1.54, 1.807) is 29.2 Å². The summed E-state index contributed by atoms with van der Waals surface area (Å²) in [6.07, 6.45) is 1.81. The van der Waals surface area contributed by atoms with E-state index >= 15 is 0 Å². The molecule has 4 rings (SSSR count). The van der Waals surface area contributed by atoms with Gasteiger partial charge in [0, 0.05) is 39.1 Å². The Bertz CT molecular complexity index is 986.